The Bertz CT molecular complexity index is 929. The SMILES string of the molecule is CC(=[OH+])/C=C(/C)O.Cc1cc(-c2nccc3ccccc23)[c-]cc1F.[Ir]. The van der Waals surface area contributed by atoms with Crippen LogP contribution in [0.25, 0.3) is 22.0 Å². The number of hydrogen-bond acceptors (Lipinski definition) is 2. The molecule has 0 aliphatic carbocycles. The van der Waals surface area contributed by atoms with Crippen molar-refractivity contribution in [2.45, 2.75) is 20.8 Å². The number of allylic oxidation sites excluding steroid dienone is 2. The Morgan fingerprint density at radius 3 is 2.50 bits per heavy atom. The molecule has 2 aromatic carbocycles. The fourth-order valence-electron chi connectivity index (χ4n) is 2.36. The van der Waals surface area contributed by atoms with Crippen molar-refractivity contribution in [1.29, 1.82) is 0 Å². The molecule has 0 fully saturated rings. The molecule has 3 aromatic rings. The van der Waals surface area contributed by atoms with Gasteiger partial charge in [0.15, 0.2) is 0 Å². The van der Waals surface area contributed by atoms with Crippen LogP contribution in [-0.4, -0.2) is 20.7 Å². The molecule has 1 heterocycles. The van der Waals surface area contributed by atoms with Crippen molar-refractivity contribution in [3.05, 3.63) is 77.9 Å². The number of aryl methyl sites for hydroxylation is 1. The van der Waals surface area contributed by atoms with Gasteiger partial charge in [0.1, 0.15) is 0 Å². The molecule has 5 heteroatoms. The Morgan fingerprint density at radius 2 is 1.92 bits per heavy atom. The average Bonchev–Trinajstić information content (AvgIpc) is 2.56. The standard InChI is InChI=1S/C16H11FN.C5H8O2.Ir/c1-11-10-13(6-7-15(11)17)16-14-5-3-2-4-12(14)8-9-18-16;1-4(6)3-5(2)7;/h2-5,7-10H,1H3;3,6H,1-2H3;/q-1;;/p+1/b;4-3-;. The van der Waals surface area contributed by atoms with Gasteiger partial charge in [-0.15, -0.1) is 23.8 Å². The Labute approximate surface area is 165 Å². The van der Waals surface area contributed by atoms with Gasteiger partial charge in [-0.1, -0.05) is 36.8 Å². The van der Waals surface area contributed by atoms with E-state index in [1.165, 1.54) is 26.0 Å². The van der Waals surface area contributed by atoms with Gasteiger partial charge in [0.05, 0.1) is 18.8 Å². The molecule has 0 saturated carbocycles. The maximum Gasteiger partial charge on any atom is 0.316 e. The fourth-order valence-corrected chi connectivity index (χ4v) is 2.36. The molecular formula is C21H20FIrNO2. The minimum Gasteiger partial charge on any atom is -0.512 e. The summed E-state index contributed by atoms with van der Waals surface area (Å²) in [5, 5.41) is 10.6. The van der Waals surface area contributed by atoms with Crippen LogP contribution in [0.2, 0.25) is 0 Å². The molecule has 0 aliphatic rings. The Kier molecular flexibility index (Phi) is 8.30. The number of aliphatic hydroxyl groups excluding tert-OH is 1. The summed E-state index contributed by atoms with van der Waals surface area (Å²) in [4.78, 5) is 12.8. The van der Waals surface area contributed by atoms with Gasteiger partial charge in [-0.25, -0.2) is 0 Å². The van der Waals surface area contributed by atoms with Crippen LogP contribution in [0.3, 0.4) is 0 Å². The van der Waals surface area contributed by atoms with Gasteiger partial charge >= 0.3 is 5.78 Å². The van der Waals surface area contributed by atoms with Gasteiger partial charge < -0.3 is 10.1 Å². The zero-order chi connectivity index (χ0) is 18.4. The van der Waals surface area contributed by atoms with E-state index in [1.807, 2.05) is 30.3 Å². The smallest absolute Gasteiger partial charge is 0.316 e. The minimum atomic E-state index is -0.237. The minimum absolute atomic E-state index is 0. The number of carbonyl (C=O) groups excluding carboxylic acids is 1. The normalized spacial score (nSPS) is 10.5. The van der Waals surface area contributed by atoms with Crippen molar-refractivity contribution < 1.29 is 34.4 Å². The fraction of sp³-hybridized carbons (Fsp3) is 0.143. The molecular weight excluding hydrogens is 509 g/mol. The molecule has 0 spiro atoms. The topological polar surface area (TPSA) is 54.5 Å². The van der Waals surface area contributed by atoms with E-state index in [-0.39, 0.29) is 37.5 Å². The first-order chi connectivity index (χ1) is 11.9. The molecule has 0 saturated heterocycles. The van der Waals surface area contributed by atoms with Crippen molar-refractivity contribution in [2.24, 2.45) is 0 Å². The average molecular weight is 530 g/mol. The zero-order valence-electron chi connectivity index (χ0n) is 14.7. The van der Waals surface area contributed by atoms with Crippen molar-refractivity contribution in [1.82, 2.24) is 4.98 Å². The Balaban J connectivity index is 0.000000366. The van der Waals surface area contributed by atoms with Gasteiger partial charge in [0.25, 0.3) is 0 Å². The monoisotopic (exact) mass is 530 g/mol. The third kappa shape index (κ3) is 5.87. The van der Waals surface area contributed by atoms with E-state index in [2.05, 4.69) is 11.1 Å². The third-order valence-corrected chi connectivity index (χ3v) is 3.44. The van der Waals surface area contributed by atoms with E-state index in [0.717, 1.165) is 22.0 Å². The molecule has 0 bridgehead atoms. The van der Waals surface area contributed by atoms with Crippen molar-refractivity contribution >= 4 is 16.6 Å². The van der Waals surface area contributed by atoms with Crippen LogP contribution in [0.1, 0.15) is 19.4 Å². The first-order valence-corrected chi connectivity index (χ1v) is 7.80. The number of benzene rings is 2. The molecule has 0 atom stereocenters. The molecule has 137 valence electrons. The van der Waals surface area contributed by atoms with Gasteiger partial charge in [-0.05, 0) is 29.5 Å². The molecule has 1 radical (unpaired) electrons. The number of rotatable bonds is 2. The number of pyridine rings is 1. The first-order valence-electron chi connectivity index (χ1n) is 7.80. The van der Waals surface area contributed by atoms with E-state index in [1.54, 1.807) is 19.2 Å². The molecule has 0 aliphatic heterocycles. The van der Waals surface area contributed by atoms with Gasteiger partial charge in [-0.3, -0.25) is 9.18 Å². The quantitative estimate of drug-likeness (QED) is 0.216. The number of nitrogens with zero attached hydrogens (tertiary/aromatic N) is 1. The van der Waals surface area contributed by atoms with E-state index >= 15 is 0 Å². The number of halogens is 1. The predicted molar refractivity (Wildman–Crippen MR) is 99.7 cm³/mol. The largest absolute Gasteiger partial charge is 0.512 e. The van der Waals surface area contributed by atoms with Crippen LogP contribution in [0.4, 0.5) is 4.39 Å². The number of hydrogen-bond donors (Lipinski definition) is 1. The Morgan fingerprint density at radius 1 is 1.23 bits per heavy atom. The van der Waals surface area contributed by atoms with Crippen LogP contribution >= 0.6 is 0 Å². The summed E-state index contributed by atoms with van der Waals surface area (Å²) in [7, 11) is 0. The summed E-state index contributed by atoms with van der Waals surface area (Å²) in [5.74, 6) is 0.0130. The number of fused-ring (bicyclic) bond motifs is 1. The first kappa shape index (κ1) is 21.7. The molecule has 3 nitrogen and oxygen atoms in total. The zero-order valence-corrected chi connectivity index (χ0v) is 17.1. The molecule has 3 rings (SSSR count). The molecule has 26 heavy (non-hydrogen) atoms. The maximum absolute atomic E-state index is 13.3. The second-order valence-corrected chi connectivity index (χ2v) is 5.69. The van der Waals surface area contributed by atoms with E-state index in [4.69, 9.17) is 9.90 Å². The van der Waals surface area contributed by atoms with E-state index in [0.29, 0.717) is 5.56 Å². The van der Waals surface area contributed by atoms with Crippen molar-refractivity contribution in [3.8, 4) is 11.3 Å². The summed E-state index contributed by atoms with van der Waals surface area (Å²) < 4.78 is 13.3. The summed E-state index contributed by atoms with van der Waals surface area (Å²) in [5.41, 5.74) is 2.28. The molecule has 0 amide bonds. The Hall–Kier alpha value is -2.36. The number of aliphatic hydroxyl groups is 1. The third-order valence-electron chi connectivity index (χ3n) is 3.44. The molecule has 2 N–H and O–H groups in total. The summed E-state index contributed by atoms with van der Waals surface area (Å²) >= 11 is 0. The van der Waals surface area contributed by atoms with Gasteiger partial charge in [-0.2, -0.15) is 0 Å². The van der Waals surface area contributed by atoms with Gasteiger partial charge in [0.2, 0.25) is 0 Å². The second-order valence-electron chi connectivity index (χ2n) is 5.69. The second kappa shape index (κ2) is 9.95. The number of aromatic nitrogens is 1. The molecule has 1 aromatic heterocycles. The van der Waals surface area contributed by atoms with Crippen LogP contribution < -0.4 is 0 Å². The van der Waals surface area contributed by atoms with Crippen LogP contribution in [-0.2, 0) is 20.1 Å². The van der Waals surface area contributed by atoms with Crippen LogP contribution in [0.15, 0.2) is 60.5 Å². The predicted octanol–water partition coefficient (Wildman–Crippen LogP) is 5.16. The van der Waals surface area contributed by atoms with Crippen molar-refractivity contribution in [2.75, 3.05) is 0 Å². The van der Waals surface area contributed by atoms with E-state index in [9.17, 15) is 4.39 Å². The van der Waals surface area contributed by atoms with Crippen molar-refractivity contribution in [3.63, 3.8) is 0 Å². The summed E-state index contributed by atoms with van der Waals surface area (Å²) in [6.45, 7) is 4.75. The summed E-state index contributed by atoms with van der Waals surface area (Å²) in [6, 6.07) is 16.1. The van der Waals surface area contributed by atoms with E-state index < -0.39 is 0 Å². The summed E-state index contributed by atoms with van der Waals surface area (Å²) in [6.07, 6.45) is 3.05. The number of ketones is 1. The molecule has 0 unspecified atom stereocenters. The van der Waals surface area contributed by atoms with Crippen LogP contribution in [0.5, 0.6) is 0 Å². The van der Waals surface area contributed by atoms with Crippen LogP contribution in [0, 0.1) is 18.8 Å². The maximum atomic E-state index is 13.3. The van der Waals surface area contributed by atoms with Gasteiger partial charge in [0, 0.05) is 32.1 Å².